The predicted octanol–water partition coefficient (Wildman–Crippen LogP) is 5.20. The third-order valence-corrected chi connectivity index (χ3v) is 5.59. The fourth-order valence-corrected chi connectivity index (χ4v) is 3.17. The first-order valence-electron chi connectivity index (χ1n) is 10.9. The van der Waals surface area contributed by atoms with Crippen LogP contribution in [0.25, 0.3) is 0 Å². The molecule has 2 heterocycles. The number of ether oxygens (including phenoxy) is 3. The van der Waals surface area contributed by atoms with E-state index in [0.29, 0.717) is 11.4 Å². The van der Waals surface area contributed by atoms with Gasteiger partial charge >= 0.3 is 23.9 Å². The third kappa shape index (κ3) is 11.4. The van der Waals surface area contributed by atoms with Gasteiger partial charge < -0.3 is 19.3 Å². The Morgan fingerprint density at radius 2 is 1.14 bits per heavy atom. The average molecular weight is 646 g/mol. The van der Waals surface area contributed by atoms with Crippen LogP contribution in [0.1, 0.15) is 83.6 Å². The maximum Gasteiger partial charge on any atom is 0.356 e. The van der Waals surface area contributed by atoms with Crippen LogP contribution in [0.15, 0.2) is 36.4 Å². The molecule has 202 valence electrons. The quantitative estimate of drug-likeness (QED) is 0.253. The molecule has 2 aromatic heterocycles. The number of carbonyl (C=O) groups excluding carboxylic acids is 3. The molecule has 0 bridgehead atoms. The summed E-state index contributed by atoms with van der Waals surface area (Å²) in [5, 5.41) is 8.82. The number of esters is 3. The Morgan fingerprint density at radius 3 is 1.49 bits per heavy atom. The van der Waals surface area contributed by atoms with Crippen LogP contribution in [0, 0.1) is 0 Å². The van der Waals surface area contributed by atoms with Gasteiger partial charge in [0.25, 0.3) is 0 Å². The van der Waals surface area contributed by atoms with Gasteiger partial charge in [0.05, 0.1) is 18.5 Å². The number of rotatable bonds is 6. The normalized spacial score (nSPS) is 12.8. The Labute approximate surface area is 232 Å². The number of carboxylic acid groups (broad SMARTS) is 1. The number of carbonyl (C=O) groups is 4. The highest BCUT2D eigenvalue weighted by Gasteiger charge is 2.27. The number of aromatic nitrogens is 2. The summed E-state index contributed by atoms with van der Waals surface area (Å²) in [4.78, 5) is 52.3. The molecule has 0 amide bonds. The van der Waals surface area contributed by atoms with Crippen LogP contribution >= 0.6 is 31.9 Å². The molecule has 0 aliphatic heterocycles. The molecular weight excluding hydrogens is 616 g/mol. The monoisotopic (exact) mass is 644 g/mol. The number of nitrogens with zero attached hydrogens (tertiary/aromatic N) is 2. The number of hydrogen-bond acceptors (Lipinski definition) is 9. The second kappa shape index (κ2) is 13.6. The summed E-state index contributed by atoms with van der Waals surface area (Å²) in [6.45, 7) is 10.6. The number of methoxy groups -OCH3 is 1. The lowest BCUT2D eigenvalue weighted by Gasteiger charge is -2.21. The van der Waals surface area contributed by atoms with E-state index in [0.717, 1.165) is 0 Å². The van der Waals surface area contributed by atoms with Crippen molar-refractivity contribution >= 4 is 55.7 Å². The van der Waals surface area contributed by atoms with Crippen molar-refractivity contribution in [3.05, 3.63) is 59.2 Å². The first kappa shape index (κ1) is 32.2. The maximum absolute atomic E-state index is 11.9. The summed E-state index contributed by atoms with van der Waals surface area (Å²) in [7, 11) is 1.27. The molecule has 0 radical (unpaired) electrons. The van der Waals surface area contributed by atoms with Gasteiger partial charge in [0.1, 0.15) is 22.6 Å². The molecule has 0 fully saturated rings. The van der Waals surface area contributed by atoms with Crippen molar-refractivity contribution in [1.29, 1.82) is 0 Å². The summed E-state index contributed by atoms with van der Waals surface area (Å²) in [5.74, 6) is -2.65. The highest BCUT2D eigenvalue weighted by Crippen LogP contribution is 2.26. The molecule has 0 saturated heterocycles. The molecule has 0 aromatic carbocycles. The molecule has 2 unspecified atom stereocenters. The summed E-state index contributed by atoms with van der Waals surface area (Å²) < 4.78 is 15.0. The second-order valence-electron chi connectivity index (χ2n) is 9.48. The lowest BCUT2D eigenvalue weighted by atomic mass is 10.2. The molecule has 0 aliphatic carbocycles. The van der Waals surface area contributed by atoms with Gasteiger partial charge in [0.2, 0.25) is 0 Å². The third-order valence-electron chi connectivity index (χ3n) is 3.90. The number of halogens is 2. The minimum absolute atomic E-state index is 0.111. The van der Waals surface area contributed by atoms with Crippen LogP contribution in [0.5, 0.6) is 0 Å². The number of carboxylic acids is 1. The van der Waals surface area contributed by atoms with Gasteiger partial charge in [-0.1, -0.05) is 44.0 Å². The molecule has 2 rings (SSSR count). The van der Waals surface area contributed by atoms with Crippen molar-refractivity contribution in [3.63, 3.8) is 0 Å². The second-order valence-corrected chi connectivity index (χ2v) is 11.3. The van der Waals surface area contributed by atoms with Gasteiger partial charge in [0, 0.05) is 0 Å². The van der Waals surface area contributed by atoms with E-state index in [1.165, 1.54) is 25.3 Å². The van der Waals surface area contributed by atoms with Gasteiger partial charge in [-0.25, -0.2) is 19.6 Å². The molecule has 1 N–H and O–H groups in total. The fraction of sp³-hybridized carbons (Fsp3) is 0.440. The Balaban J connectivity index is 0.000000371. The van der Waals surface area contributed by atoms with E-state index >= 15 is 0 Å². The van der Waals surface area contributed by atoms with Gasteiger partial charge in [-0.2, -0.15) is 0 Å². The summed E-state index contributed by atoms with van der Waals surface area (Å²) >= 11 is 6.38. The van der Waals surface area contributed by atoms with Crippen LogP contribution in [0.4, 0.5) is 0 Å². The van der Waals surface area contributed by atoms with E-state index in [4.69, 9.17) is 14.6 Å². The number of pyridine rings is 2. The van der Waals surface area contributed by atoms with Crippen LogP contribution in [-0.4, -0.2) is 57.3 Å². The van der Waals surface area contributed by atoms with Crippen LogP contribution in [-0.2, 0) is 23.8 Å². The van der Waals surface area contributed by atoms with E-state index in [1.54, 1.807) is 59.7 Å². The Kier molecular flexibility index (Phi) is 11.8. The van der Waals surface area contributed by atoms with Gasteiger partial charge in [-0.15, -0.1) is 0 Å². The molecular formula is C25H30Br2N2O8. The molecule has 0 aliphatic rings. The minimum Gasteiger partial charge on any atom is -0.477 e. The Morgan fingerprint density at radius 1 is 0.757 bits per heavy atom. The van der Waals surface area contributed by atoms with Crippen molar-refractivity contribution in [2.75, 3.05) is 7.11 Å². The van der Waals surface area contributed by atoms with Crippen LogP contribution < -0.4 is 0 Å². The molecule has 37 heavy (non-hydrogen) atoms. The first-order chi connectivity index (χ1) is 16.9. The lowest BCUT2D eigenvalue weighted by molar-refractivity contribution is -0.155. The van der Waals surface area contributed by atoms with Crippen LogP contribution in [0.3, 0.4) is 0 Å². The summed E-state index contributed by atoms with van der Waals surface area (Å²) in [6, 6.07) is 9.24. The maximum atomic E-state index is 11.9. The highest BCUT2D eigenvalue weighted by molar-refractivity contribution is 9.09. The van der Waals surface area contributed by atoms with E-state index in [1.807, 2.05) is 0 Å². The number of aromatic carboxylic acids is 1. The van der Waals surface area contributed by atoms with Crippen molar-refractivity contribution in [1.82, 2.24) is 9.97 Å². The zero-order valence-electron chi connectivity index (χ0n) is 21.6. The molecule has 0 saturated carbocycles. The van der Waals surface area contributed by atoms with E-state index in [2.05, 4.69) is 46.6 Å². The van der Waals surface area contributed by atoms with E-state index in [9.17, 15) is 19.2 Å². The molecule has 2 atom stereocenters. The lowest BCUT2D eigenvalue weighted by Crippen LogP contribution is -2.26. The van der Waals surface area contributed by atoms with Gasteiger partial charge in [-0.3, -0.25) is 9.59 Å². The van der Waals surface area contributed by atoms with Crippen molar-refractivity contribution in [3.8, 4) is 0 Å². The Hall–Kier alpha value is -2.86. The zero-order chi connectivity index (χ0) is 28.6. The largest absolute Gasteiger partial charge is 0.477 e. The predicted molar refractivity (Wildman–Crippen MR) is 142 cm³/mol. The van der Waals surface area contributed by atoms with Crippen molar-refractivity contribution < 1.29 is 38.5 Å². The van der Waals surface area contributed by atoms with E-state index < -0.39 is 44.7 Å². The Bertz CT molecular complexity index is 1130. The molecule has 2 aromatic rings. The molecule has 10 nitrogen and oxygen atoms in total. The average Bonchev–Trinajstić information content (AvgIpc) is 2.80. The van der Waals surface area contributed by atoms with Crippen molar-refractivity contribution in [2.45, 2.75) is 62.4 Å². The van der Waals surface area contributed by atoms with Crippen LogP contribution in [0.2, 0.25) is 0 Å². The van der Waals surface area contributed by atoms with Gasteiger partial charge in [-0.05, 0) is 65.8 Å². The topological polar surface area (TPSA) is 142 Å². The highest BCUT2D eigenvalue weighted by atomic mass is 79.9. The zero-order valence-corrected chi connectivity index (χ0v) is 24.7. The first-order valence-corrected chi connectivity index (χ1v) is 12.8. The number of alkyl halides is 2. The molecule has 0 spiro atoms. The molecule has 12 heteroatoms. The number of hydrogen-bond donors (Lipinski definition) is 1. The standard InChI is InChI=1S/C13H16BrNO4.C12H14BrNO4/c1-13(2,3)19-12(17)10(14)8-6-5-7-9(15-8)11(16)18-4;1-12(2,3)18-11(17)9(13)7-5-4-6-8(14-7)10(15)16/h5-7,10H,1-4H3;4-6,9H,1-3H3,(H,15,16). The SMILES string of the molecule is CC(C)(C)OC(=O)C(Br)c1cccc(C(=O)O)n1.COC(=O)c1cccc(C(Br)C(=O)OC(C)(C)C)n1. The van der Waals surface area contributed by atoms with Gasteiger partial charge in [0.15, 0.2) is 9.65 Å². The summed E-state index contributed by atoms with van der Waals surface area (Å²) in [5.41, 5.74) is -0.439. The van der Waals surface area contributed by atoms with E-state index in [-0.39, 0.29) is 11.4 Å². The fourth-order valence-electron chi connectivity index (χ4n) is 2.47. The summed E-state index contributed by atoms with van der Waals surface area (Å²) in [6.07, 6.45) is 0. The minimum atomic E-state index is -1.14. The smallest absolute Gasteiger partial charge is 0.356 e. The van der Waals surface area contributed by atoms with Crippen molar-refractivity contribution in [2.24, 2.45) is 0 Å².